The van der Waals surface area contributed by atoms with Crippen LogP contribution in [0, 0.1) is 5.92 Å². The summed E-state index contributed by atoms with van der Waals surface area (Å²) in [7, 11) is 4.90. The number of nitrogens with one attached hydrogen (secondary N) is 1. The summed E-state index contributed by atoms with van der Waals surface area (Å²) in [6.07, 6.45) is 2.92. The summed E-state index contributed by atoms with van der Waals surface area (Å²) in [5, 5.41) is 2.83. The van der Waals surface area contributed by atoms with Gasteiger partial charge < -0.3 is 19.7 Å². The lowest BCUT2D eigenvalue weighted by molar-refractivity contribution is -0.135. The van der Waals surface area contributed by atoms with E-state index in [1.54, 1.807) is 37.3 Å². The number of benzene rings is 1. The highest BCUT2D eigenvalue weighted by Gasteiger charge is 2.27. The number of hydrogen-bond donors (Lipinski definition) is 1. The van der Waals surface area contributed by atoms with E-state index in [0.717, 1.165) is 25.8 Å². The summed E-state index contributed by atoms with van der Waals surface area (Å²) >= 11 is 0. The van der Waals surface area contributed by atoms with Crippen molar-refractivity contribution < 1.29 is 19.1 Å². The first kappa shape index (κ1) is 17.1. The van der Waals surface area contributed by atoms with E-state index in [1.165, 1.54) is 7.11 Å². The lowest BCUT2D eigenvalue weighted by Gasteiger charge is -2.19. The molecule has 1 atom stereocenters. The lowest BCUT2D eigenvalue weighted by Crippen LogP contribution is -2.33. The first-order valence-electron chi connectivity index (χ1n) is 7.82. The Morgan fingerprint density at radius 2 is 2.09 bits per heavy atom. The fraction of sp³-hybridized carbons (Fsp3) is 0.529. The molecule has 0 radical (unpaired) electrons. The molecule has 1 aliphatic rings. The van der Waals surface area contributed by atoms with Crippen LogP contribution in [-0.2, 0) is 9.59 Å². The van der Waals surface area contributed by atoms with Gasteiger partial charge in [0.1, 0.15) is 11.5 Å². The molecule has 1 aromatic carbocycles. The van der Waals surface area contributed by atoms with E-state index in [1.807, 2.05) is 0 Å². The SMILES string of the molecule is COc1ccc(NC(=O)CC2CCCCN(C)C2=O)c(OC)c1. The van der Waals surface area contributed by atoms with Crippen LogP contribution in [0.3, 0.4) is 0 Å². The fourth-order valence-electron chi connectivity index (χ4n) is 2.80. The van der Waals surface area contributed by atoms with Gasteiger partial charge in [0.05, 0.1) is 19.9 Å². The molecule has 1 aliphatic heterocycles. The molecule has 0 aromatic heterocycles. The molecule has 1 unspecified atom stereocenters. The van der Waals surface area contributed by atoms with Crippen molar-refractivity contribution in [1.82, 2.24) is 4.90 Å². The van der Waals surface area contributed by atoms with Gasteiger partial charge in [0.2, 0.25) is 11.8 Å². The van der Waals surface area contributed by atoms with Gasteiger partial charge in [-0.25, -0.2) is 0 Å². The number of methoxy groups -OCH3 is 2. The van der Waals surface area contributed by atoms with Crippen LogP contribution in [0.1, 0.15) is 25.7 Å². The van der Waals surface area contributed by atoms with Crippen LogP contribution < -0.4 is 14.8 Å². The number of carbonyl (C=O) groups is 2. The summed E-state index contributed by atoms with van der Waals surface area (Å²) in [5.74, 6) is 0.815. The molecular formula is C17H24N2O4. The predicted octanol–water partition coefficient (Wildman–Crippen LogP) is 2.29. The number of anilines is 1. The molecule has 23 heavy (non-hydrogen) atoms. The molecule has 1 fully saturated rings. The highest BCUT2D eigenvalue weighted by atomic mass is 16.5. The molecule has 1 N–H and O–H groups in total. The number of ether oxygens (including phenoxy) is 2. The smallest absolute Gasteiger partial charge is 0.225 e. The Balaban J connectivity index is 2.03. The minimum absolute atomic E-state index is 0.0549. The topological polar surface area (TPSA) is 67.9 Å². The Bertz CT molecular complexity index is 574. The third-order valence-electron chi connectivity index (χ3n) is 4.14. The van der Waals surface area contributed by atoms with E-state index < -0.39 is 0 Å². The van der Waals surface area contributed by atoms with Crippen LogP contribution in [0.25, 0.3) is 0 Å². The molecule has 0 bridgehead atoms. The molecule has 1 aromatic rings. The maximum Gasteiger partial charge on any atom is 0.225 e. The van der Waals surface area contributed by atoms with Gasteiger partial charge in [-0.15, -0.1) is 0 Å². The average Bonchev–Trinajstić information content (AvgIpc) is 2.71. The van der Waals surface area contributed by atoms with Gasteiger partial charge in [-0.1, -0.05) is 6.42 Å². The van der Waals surface area contributed by atoms with Crippen molar-refractivity contribution in [3.63, 3.8) is 0 Å². The zero-order valence-corrected chi connectivity index (χ0v) is 13.9. The number of carbonyl (C=O) groups excluding carboxylic acids is 2. The van der Waals surface area contributed by atoms with Crippen LogP contribution in [-0.4, -0.2) is 44.5 Å². The molecule has 0 spiro atoms. The van der Waals surface area contributed by atoms with Gasteiger partial charge in [-0.05, 0) is 25.0 Å². The number of hydrogen-bond acceptors (Lipinski definition) is 4. The largest absolute Gasteiger partial charge is 0.497 e. The second-order valence-electron chi connectivity index (χ2n) is 5.77. The van der Waals surface area contributed by atoms with Crippen molar-refractivity contribution in [2.24, 2.45) is 5.92 Å². The molecule has 1 saturated heterocycles. The van der Waals surface area contributed by atoms with Crippen molar-refractivity contribution in [1.29, 1.82) is 0 Å². The zero-order chi connectivity index (χ0) is 16.8. The molecule has 126 valence electrons. The first-order valence-corrected chi connectivity index (χ1v) is 7.82. The number of rotatable bonds is 5. The van der Waals surface area contributed by atoms with E-state index in [0.29, 0.717) is 17.2 Å². The first-order chi connectivity index (χ1) is 11.0. The van der Waals surface area contributed by atoms with Crippen molar-refractivity contribution in [3.8, 4) is 11.5 Å². The van der Waals surface area contributed by atoms with Crippen molar-refractivity contribution in [3.05, 3.63) is 18.2 Å². The molecule has 0 saturated carbocycles. The predicted molar refractivity (Wildman–Crippen MR) is 87.8 cm³/mol. The summed E-state index contributed by atoms with van der Waals surface area (Å²) < 4.78 is 10.4. The van der Waals surface area contributed by atoms with Crippen LogP contribution in [0.15, 0.2) is 18.2 Å². The second-order valence-corrected chi connectivity index (χ2v) is 5.77. The van der Waals surface area contributed by atoms with Crippen LogP contribution in [0.5, 0.6) is 11.5 Å². The highest BCUT2D eigenvalue weighted by Crippen LogP contribution is 2.29. The fourth-order valence-corrected chi connectivity index (χ4v) is 2.80. The quantitative estimate of drug-likeness (QED) is 0.904. The third-order valence-corrected chi connectivity index (χ3v) is 4.14. The Hall–Kier alpha value is -2.24. The zero-order valence-electron chi connectivity index (χ0n) is 13.9. The summed E-state index contributed by atoms with van der Waals surface area (Å²) in [4.78, 5) is 26.3. The van der Waals surface area contributed by atoms with Gasteiger partial charge >= 0.3 is 0 Å². The van der Waals surface area contributed by atoms with E-state index in [2.05, 4.69) is 5.32 Å². The van der Waals surface area contributed by atoms with E-state index in [9.17, 15) is 9.59 Å². The normalized spacial score (nSPS) is 18.3. The van der Waals surface area contributed by atoms with Gasteiger partial charge in [-0.2, -0.15) is 0 Å². The van der Waals surface area contributed by atoms with Crippen LogP contribution in [0.4, 0.5) is 5.69 Å². The Kier molecular flexibility index (Phi) is 5.84. The van der Waals surface area contributed by atoms with Crippen molar-refractivity contribution >= 4 is 17.5 Å². The lowest BCUT2D eigenvalue weighted by atomic mass is 9.98. The molecule has 6 nitrogen and oxygen atoms in total. The van der Waals surface area contributed by atoms with Gasteiger partial charge in [0.25, 0.3) is 0 Å². The van der Waals surface area contributed by atoms with Gasteiger partial charge in [-0.3, -0.25) is 9.59 Å². The van der Waals surface area contributed by atoms with Gasteiger partial charge in [0, 0.05) is 32.0 Å². The molecule has 0 aliphatic carbocycles. The molecule has 6 heteroatoms. The maximum absolute atomic E-state index is 12.3. The Labute approximate surface area is 136 Å². The van der Waals surface area contributed by atoms with E-state index in [-0.39, 0.29) is 24.2 Å². The molecule has 1 heterocycles. The molecule has 2 rings (SSSR count). The monoisotopic (exact) mass is 320 g/mol. The molecular weight excluding hydrogens is 296 g/mol. The van der Waals surface area contributed by atoms with Crippen molar-refractivity contribution in [2.75, 3.05) is 33.1 Å². The van der Waals surface area contributed by atoms with Crippen LogP contribution >= 0.6 is 0 Å². The minimum Gasteiger partial charge on any atom is -0.497 e. The summed E-state index contributed by atoms with van der Waals surface area (Å²) in [6.45, 7) is 0.767. The van der Waals surface area contributed by atoms with Gasteiger partial charge in [0.15, 0.2) is 0 Å². The average molecular weight is 320 g/mol. The third kappa shape index (κ3) is 4.37. The number of likely N-dealkylation sites (tertiary alicyclic amines) is 1. The minimum atomic E-state index is -0.244. The standard InChI is InChI=1S/C17H24N2O4/c1-19-9-5-4-6-12(17(19)21)10-16(20)18-14-8-7-13(22-2)11-15(14)23-3/h7-8,11-12H,4-6,9-10H2,1-3H3,(H,18,20). The molecule has 2 amide bonds. The Morgan fingerprint density at radius 3 is 2.78 bits per heavy atom. The summed E-state index contributed by atoms with van der Waals surface area (Å²) in [5.41, 5.74) is 0.577. The van der Waals surface area contributed by atoms with Crippen molar-refractivity contribution in [2.45, 2.75) is 25.7 Å². The highest BCUT2D eigenvalue weighted by molar-refractivity contribution is 5.95. The summed E-state index contributed by atoms with van der Waals surface area (Å²) in [6, 6.07) is 5.19. The number of amides is 2. The van der Waals surface area contributed by atoms with Crippen LogP contribution in [0.2, 0.25) is 0 Å². The number of nitrogens with zero attached hydrogens (tertiary/aromatic N) is 1. The maximum atomic E-state index is 12.3. The second kappa shape index (κ2) is 7.85. The van der Waals surface area contributed by atoms with E-state index >= 15 is 0 Å². The van der Waals surface area contributed by atoms with E-state index in [4.69, 9.17) is 9.47 Å². The Morgan fingerprint density at radius 1 is 1.30 bits per heavy atom.